The van der Waals surface area contributed by atoms with Crippen molar-refractivity contribution >= 4 is 12.6 Å². The Morgan fingerprint density at radius 2 is 1.89 bits per heavy atom. The molecular formula is C14H29NO2S. The minimum absolute atomic E-state index is 0.348. The molecule has 0 heterocycles. The lowest BCUT2D eigenvalue weighted by molar-refractivity contribution is 0.0337. The van der Waals surface area contributed by atoms with Crippen LogP contribution in [0, 0.1) is 5.41 Å². The maximum absolute atomic E-state index is 9.78. The van der Waals surface area contributed by atoms with E-state index in [2.05, 4.69) is 24.6 Å². The van der Waals surface area contributed by atoms with Crippen molar-refractivity contribution in [2.75, 3.05) is 39.6 Å². The monoisotopic (exact) mass is 275 g/mol. The van der Waals surface area contributed by atoms with Gasteiger partial charge in [0.05, 0.1) is 12.7 Å². The van der Waals surface area contributed by atoms with E-state index < -0.39 is 0 Å². The molecule has 1 fully saturated rings. The highest BCUT2D eigenvalue weighted by Crippen LogP contribution is 2.36. The highest BCUT2D eigenvalue weighted by atomic mass is 32.1. The summed E-state index contributed by atoms with van der Waals surface area (Å²) < 4.78 is 4.97. The Labute approximate surface area is 117 Å². The van der Waals surface area contributed by atoms with Crippen molar-refractivity contribution < 1.29 is 9.84 Å². The van der Waals surface area contributed by atoms with Gasteiger partial charge in [-0.3, -0.25) is 0 Å². The number of nitrogens with zero attached hydrogens (tertiary/aromatic N) is 1. The fraction of sp³-hybridized carbons (Fsp3) is 1.00. The zero-order valence-corrected chi connectivity index (χ0v) is 12.8. The number of thiol groups is 1. The fourth-order valence-corrected chi connectivity index (χ4v) is 3.50. The van der Waals surface area contributed by atoms with Crippen LogP contribution in [0.2, 0.25) is 0 Å². The molecule has 1 N–H and O–H groups in total. The van der Waals surface area contributed by atoms with Crippen molar-refractivity contribution in [1.29, 1.82) is 0 Å². The summed E-state index contributed by atoms with van der Waals surface area (Å²) in [6.45, 7) is 2.14. The average Bonchev–Trinajstić information content (AvgIpc) is 2.55. The van der Waals surface area contributed by atoms with E-state index in [1.165, 1.54) is 38.5 Å². The third-order valence-corrected chi connectivity index (χ3v) is 4.66. The first-order chi connectivity index (χ1) is 8.62. The molecule has 0 radical (unpaired) electrons. The third-order valence-electron chi connectivity index (χ3n) is 3.99. The molecule has 0 aliphatic heterocycles. The van der Waals surface area contributed by atoms with E-state index in [-0.39, 0.29) is 6.10 Å². The van der Waals surface area contributed by atoms with Gasteiger partial charge in [-0.2, -0.15) is 12.6 Å². The molecule has 108 valence electrons. The van der Waals surface area contributed by atoms with Crippen LogP contribution in [0.5, 0.6) is 0 Å². The number of hydrogen-bond donors (Lipinski definition) is 2. The van der Waals surface area contributed by atoms with Crippen molar-refractivity contribution in [3.63, 3.8) is 0 Å². The normalized spacial score (nSPS) is 21.8. The number of rotatable bonds is 7. The van der Waals surface area contributed by atoms with Gasteiger partial charge in [0, 0.05) is 20.2 Å². The van der Waals surface area contributed by atoms with E-state index in [4.69, 9.17) is 4.74 Å². The van der Waals surface area contributed by atoms with Gasteiger partial charge in [-0.05, 0) is 31.1 Å². The van der Waals surface area contributed by atoms with Crippen LogP contribution in [0.25, 0.3) is 0 Å². The topological polar surface area (TPSA) is 32.7 Å². The second kappa shape index (κ2) is 8.41. The molecule has 0 aromatic heterocycles. The Kier molecular flexibility index (Phi) is 7.61. The van der Waals surface area contributed by atoms with Gasteiger partial charge < -0.3 is 14.7 Å². The molecule has 0 bridgehead atoms. The van der Waals surface area contributed by atoms with Gasteiger partial charge in [-0.25, -0.2) is 0 Å². The molecule has 1 unspecified atom stereocenters. The number of hydrogen-bond acceptors (Lipinski definition) is 4. The van der Waals surface area contributed by atoms with Crippen LogP contribution >= 0.6 is 12.6 Å². The highest BCUT2D eigenvalue weighted by Gasteiger charge is 2.31. The molecule has 1 rings (SSSR count). The average molecular weight is 275 g/mol. The van der Waals surface area contributed by atoms with Gasteiger partial charge in [0.2, 0.25) is 0 Å². The molecule has 1 saturated carbocycles. The summed E-state index contributed by atoms with van der Waals surface area (Å²) in [4.78, 5) is 2.24. The zero-order valence-electron chi connectivity index (χ0n) is 11.9. The van der Waals surface area contributed by atoms with Gasteiger partial charge in [0.1, 0.15) is 0 Å². The van der Waals surface area contributed by atoms with Gasteiger partial charge in [0.25, 0.3) is 0 Å². The second-order valence-corrected chi connectivity index (χ2v) is 6.19. The zero-order chi connectivity index (χ0) is 13.4. The Balaban J connectivity index is 2.45. The van der Waals surface area contributed by atoms with Gasteiger partial charge >= 0.3 is 0 Å². The summed E-state index contributed by atoms with van der Waals surface area (Å²) in [5, 5.41) is 9.78. The van der Waals surface area contributed by atoms with Crippen LogP contribution in [0.4, 0.5) is 0 Å². The van der Waals surface area contributed by atoms with E-state index in [1.54, 1.807) is 7.11 Å². The van der Waals surface area contributed by atoms with E-state index in [1.807, 2.05) is 0 Å². The molecule has 0 spiro atoms. The second-order valence-electron chi connectivity index (χ2n) is 5.88. The van der Waals surface area contributed by atoms with E-state index in [9.17, 15) is 5.11 Å². The summed E-state index contributed by atoms with van der Waals surface area (Å²) in [5.74, 6) is 0.956. The minimum atomic E-state index is -0.386. The summed E-state index contributed by atoms with van der Waals surface area (Å²) in [6.07, 6.45) is 7.56. The Hall–Kier alpha value is 0.230. The number of aliphatic hydroxyl groups is 1. The van der Waals surface area contributed by atoms with Gasteiger partial charge in [-0.1, -0.05) is 25.7 Å². The number of likely N-dealkylation sites (N-methyl/N-ethyl adjacent to an activating group) is 1. The molecule has 18 heavy (non-hydrogen) atoms. The third kappa shape index (κ3) is 5.47. The van der Waals surface area contributed by atoms with Crippen LogP contribution < -0.4 is 0 Å². The summed E-state index contributed by atoms with van der Waals surface area (Å²) in [7, 11) is 3.72. The Bertz CT molecular complexity index is 218. The molecule has 1 atom stereocenters. The predicted molar refractivity (Wildman–Crippen MR) is 79.4 cm³/mol. The first-order valence-corrected chi connectivity index (χ1v) is 7.71. The maximum Gasteiger partial charge on any atom is 0.0899 e. The van der Waals surface area contributed by atoms with Gasteiger partial charge in [0.15, 0.2) is 0 Å². The van der Waals surface area contributed by atoms with Crippen molar-refractivity contribution in [3.05, 3.63) is 0 Å². The van der Waals surface area contributed by atoms with Crippen molar-refractivity contribution in [1.82, 2.24) is 4.90 Å². The molecule has 1 aliphatic carbocycles. The first-order valence-electron chi connectivity index (χ1n) is 7.08. The quantitative estimate of drug-likeness (QED) is 0.552. The molecular weight excluding hydrogens is 246 g/mol. The SMILES string of the molecule is COCC(O)CN(C)CC1(CS)CCCCCC1. The first kappa shape index (κ1) is 16.3. The van der Waals surface area contributed by atoms with Crippen LogP contribution in [0.1, 0.15) is 38.5 Å². The predicted octanol–water partition coefficient (Wildman–Crippen LogP) is 2.20. The highest BCUT2D eigenvalue weighted by molar-refractivity contribution is 7.80. The van der Waals surface area contributed by atoms with Crippen LogP contribution in [0.15, 0.2) is 0 Å². The van der Waals surface area contributed by atoms with Gasteiger partial charge in [-0.15, -0.1) is 0 Å². The summed E-state index contributed by atoms with van der Waals surface area (Å²) >= 11 is 4.59. The summed E-state index contributed by atoms with van der Waals surface area (Å²) in [5.41, 5.74) is 0.348. The molecule has 4 heteroatoms. The lowest BCUT2D eigenvalue weighted by atomic mass is 9.81. The van der Waals surface area contributed by atoms with E-state index in [0.29, 0.717) is 18.6 Å². The van der Waals surface area contributed by atoms with Crippen molar-refractivity contribution in [3.8, 4) is 0 Å². The molecule has 3 nitrogen and oxygen atoms in total. The Morgan fingerprint density at radius 1 is 1.28 bits per heavy atom. The largest absolute Gasteiger partial charge is 0.389 e. The summed E-state index contributed by atoms with van der Waals surface area (Å²) in [6, 6.07) is 0. The van der Waals surface area contributed by atoms with Crippen molar-refractivity contribution in [2.24, 2.45) is 5.41 Å². The molecule has 1 aliphatic rings. The number of aliphatic hydroxyl groups excluding tert-OH is 1. The maximum atomic E-state index is 9.78. The molecule has 0 aromatic carbocycles. The van der Waals surface area contributed by atoms with Crippen LogP contribution in [0.3, 0.4) is 0 Å². The van der Waals surface area contributed by atoms with Crippen LogP contribution in [-0.4, -0.2) is 55.7 Å². The lowest BCUT2D eigenvalue weighted by Crippen LogP contribution is -2.41. The minimum Gasteiger partial charge on any atom is -0.389 e. The van der Waals surface area contributed by atoms with E-state index in [0.717, 1.165) is 12.3 Å². The standard InChI is InChI=1S/C14H29NO2S/c1-15(9-13(16)10-17-2)11-14(12-18)7-5-3-4-6-8-14/h13,16,18H,3-12H2,1-2H3. The smallest absolute Gasteiger partial charge is 0.0899 e. The van der Waals surface area contributed by atoms with E-state index >= 15 is 0 Å². The fourth-order valence-electron chi connectivity index (χ4n) is 3.09. The number of ether oxygens (including phenoxy) is 1. The van der Waals surface area contributed by atoms with Crippen molar-refractivity contribution in [2.45, 2.75) is 44.6 Å². The lowest BCUT2D eigenvalue weighted by Gasteiger charge is -2.36. The van der Waals surface area contributed by atoms with Crippen LogP contribution in [-0.2, 0) is 4.74 Å². The number of methoxy groups -OCH3 is 1. The Morgan fingerprint density at radius 3 is 2.39 bits per heavy atom. The molecule has 0 saturated heterocycles. The molecule has 0 amide bonds. The molecule has 0 aromatic rings.